The number of hydrazone groups is 1. The first-order valence-electron chi connectivity index (χ1n) is 13.5. The molecule has 0 N–H and O–H groups in total. The van der Waals surface area contributed by atoms with E-state index in [1.54, 1.807) is 18.2 Å². The predicted octanol–water partition coefficient (Wildman–Crippen LogP) is 4.80. The number of ether oxygens (including phenoxy) is 2. The number of benzene rings is 3. The van der Waals surface area contributed by atoms with Gasteiger partial charge < -0.3 is 14.7 Å². The van der Waals surface area contributed by atoms with Gasteiger partial charge >= 0.3 is 11.4 Å². The fraction of sp³-hybridized carbons (Fsp3) is 0.286. The van der Waals surface area contributed by atoms with Crippen LogP contribution in [-0.2, 0) is 9.53 Å². The van der Waals surface area contributed by atoms with Crippen molar-refractivity contribution in [3.8, 4) is 17.2 Å². The van der Waals surface area contributed by atoms with Crippen molar-refractivity contribution < 1.29 is 33.9 Å². The predicted molar refractivity (Wildman–Crippen MR) is 153 cm³/mol. The highest BCUT2D eigenvalue weighted by Gasteiger charge is 2.32. The van der Waals surface area contributed by atoms with Gasteiger partial charge in [0.1, 0.15) is 24.9 Å². The molecule has 0 radical (unpaired) electrons. The third-order valence-electron chi connectivity index (χ3n) is 6.96. The van der Waals surface area contributed by atoms with Crippen molar-refractivity contribution in [2.45, 2.75) is 26.3 Å². The minimum Gasteiger partial charge on any atom is -0.569 e. The topological polar surface area (TPSA) is 188 Å². The molecule has 0 bridgehead atoms. The summed E-state index contributed by atoms with van der Waals surface area (Å²) in [6.45, 7) is 4.43. The number of hydrazine groups is 1. The summed E-state index contributed by atoms with van der Waals surface area (Å²) in [6.07, 6.45) is 0.415. The van der Waals surface area contributed by atoms with Crippen LogP contribution in [0.4, 0.5) is 11.4 Å². The maximum atomic E-state index is 12.4. The van der Waals surface area contributed by atoms with Crippen molar-refractivity contribution in [2.75, 3.05) is 26.3 Å². The number of aryl methyl sites for hydroxylation is 1. The van der Waals surface area contributed by atoms with E-state index in [0.717, 1.165) is 17.2 Å². The molecule has 1 saturated heterocycles. The molecule has 0 aromatic heterocycles. The van der Waals surface area contributed by atoms with Gasteiger partial charge in [0.05, 0.1) is 39.8 Å². The van der Waals surface area contributed by atoms with Crippen molar-refractivity contribution in [2.24, 2.45) is 10.4 Å². The summed E-state index contributed by atoms with van der Waals surface area (Å²) in [4.78, 5) is 39.4. The van der Waals surface area contributed by atoms with E-state index in [-0.39, 0.29) is 54.7 Å². The summed E-state index contributed by atoms with van der Waals surface area (Å²) in [5, 5.41) is 46.4. The van der Waals surface area contributed by atoms with E-state index < -0.39 is 27.0 Å². The highest BCUT2D eigenvalue weighted by molar-refractivity contribution is 6.03. The Balaban J connectivity index is 1.43. The number of hydrogen-bond acceptors (Lipinski definition) is 11. The van der Waals surface area contributed by atoms with Crippen molar-refractivity contribution in [1.29, 1.82) is 0 Å². The monoisotopic (exact) mass is 605 g/mol. The molecule has 0 saturated carbocycles. The van der Waals surface area contributed by atoms with Crippen LogP contribution in [0, 0.1) is 32.4 Å². The number of amides is 1. The number of hydrogen-bond donors (Lipinski definition) is 0. The molecule has 2 aliphatic rings. The zero-order valence-electron chi connectivity index (χ0n) is 23.7. The van der Waals surface area contributed by atoms with Gasteiger partial charge in [-0.05, 0) is 24.6 Å². The number of carbonyl (C=O) groups excluding carboxylic acids is 1. The average Bonchev–Trinajstić information content (AvgIpc) is 3.47. The van der Waals surface area contributed by atoms with Crippen molar-refractivity contribution in [3.05, 3.63) is 103 Å². The summed E-state index contributed by atoms with van der Waals surface area (Å²) in [5.41, 5.74) is 1.70. The van der Waals surface area contributed by atoms with E-state index in [2.05, 4.69) is 10.4 Å². The average molecular weight is 606 g/mol. The Morgan fingerprint density at radius 1 is 0.977 bits per heavy atom. The lowest BCUT2D eigenvalue weighted by atomic mass is 9.97. The first-order valence-corrected chi connectivity index (χ1v) is 13.5. The molecule has 5 rings (SSSR count). The van der Waals surface area contributed by atoms with Crippen LogP contribution in [0.2, 0.25) is 0 Å². The Morgan fingerprint density at radius 2 is 1.66 bits per heavy atom. The molecule has 3 aromatic rings. The lowest BCUT2D eigenvalue weighted by molar-refractivity contribution is -0.710. The van der Waals surface area contributed by atoms with Gasteiger partial charge in [0, 0.05) is 25.0 Å². The smallest absolute Gasteiger partial charge is 0.321 e. The summed E-state index contributed by atoms with van der Waals surface area (Å²) in [5.74, 6) is -1.01. The maximum absolute atomic E-state index is 12.4. The molecular formula is C28H27N7O9. The van der Waals surface area contributed by atoms with Crippen LogP contribution in [0.5, 0.6) is 17.2 Å². The van der Waals surface area contributed by atoms with Crippen molar-refractivity contribution >= 4 is 23.0 Å². The molecule has 1 unspecified atom stereocenters. The second kappa shape index (κ2) is 12.7. The maximum Gasteiger partial charge on any atom is 0.321 e. The van der Waals surface area contributed by atoms with Crippen molar-refractivity contribution in [1.82, 2.24) is 10.0 Å². The highest BCUT2D eigenvalue weighted by Crippen LogP contribution is 2.41. The molecule has 1 atom stereocenters. The third-order valence-corrected chi connectivity index (χ3v) is 6.96. The second-order valence-corrected chi connectivity index (χ2v) is 9.96. The van der Waals surface area contributed by atoms with Crippen LogP contribution in [0.3, 0.4) is 0 Å². The number of carbonyl (C=O) groups is 1. The van der Waals surface area contributed by atoms with Gasteiger partial charge in [-0.15, -0.1) is 5.01 Å². The van der Waals surface area contributed by atoms with E-state index in [4.69, 9.17) is 14.3 Å². The lowest BCUT2D eigenvalue weighted by Gasteiger charge is -2.21. The number of nitro groups is 2. The standard InChI is InChI=1S/C28H27N7O9/c1-18-6-8-20(9-7-18)24-15-23(29-32(24)19(2)36)21-4-3-5-22(14-21)43-27-17-28(26(34(39)40)16-25(27)33(37)38)44-30-35(41)31-10-12-42-13-11-31/h3-9,14,16-17,24H,10-13,15H2,1-2H3/b35-30-. The number of nitrogens with zero attached hydrogens (tertiary/aromatic N) is 7. The molecule has 1 amide bonds. The van der Waals surface area contributed by atoms with Crippen LogP contribution < -0.4 is 9.57 Å². The molecule has 2 aliphatic heterocycles. The van der Waals surface area contributed by atoms with Gasteiger partial charge in [0.15, 0.2) is 0 Å². The van der Waals surface area contributed by atoms with Gasteiger partial charge in [-0.25, -0.2) is 5.01 Å². The first kappa shape index (κ1) is 29.8. The van der Waals surface area contributed by atoms with E-state index in [1.807, 2.05) is 31.2 Å². The van der Waals surface area contributed by atoms with Gasteiger partial charge in [0.25, 0.3) is 0 Å². The van der Waals surface area contributed by atoms with Crippen LogP contribution in [0.25, 0.3) is 0 Å². The molecule has 16 heteroatoms. The molecule has 1 fully saturated rings. The Labute approximate surface area is 250 Å². The minimum absolute atomic E-state index is 0.133. The minimum atomic E-state index is -0.893. The molecule has 228 valence electrons. The van der Waals surface area contributed by atoms with E-state index >= 15 is 0 Å². The first-order chi connectivity index (χ1) is 21.1. The van der Waals surface area contributed by atoms with Crippen LogP contribution in [0.1, 0.15) is 36.1 Å². The van der Waals surface area contributed by atoms with Crippen LogP contribution >= 0.6 is 0 Å². The highest BCUT2D eigenvalue weighted by atomic mass is 16.7. The molecule has 16 nitrogen and oxygen atoms in total. The summed E-state index contributed by atoms with van der Waals surface area (Å²) < 4.78 is 11.0. The van der Waals surface area contributed by atoms with Crippen molar-refractivity contribution in [3.63, 3.8) is 0 Å². The Morgan fingerprint density at radius 3 is 2.32 bits per heavy atom. The van der Waals surface area contributed by atoms with Gasteiger partial charge in [0.2, 0.25) is 22.7 Å². The molecule has 0 spiro atoms. The SMILES string of the molecule is CC(=O)N1N=C(c2cccc(Oc3cc(O/N=[N+](\[O-])N4CCOCC4)c([N+](=O)[O-])cc3[N+](=O)[O-])c2)CC1c1ccc(C)cc1. The van der Waals surface area contributed by atoms with E-state index in [1.165, 1.54) is 23.0 Å². The normalized spacial score (nSPS) is 16.8. The number of nitro benzene ring substituents is 2. The second-order valence-electron chi connectivity index (χ2n) is 9.96. The lowest BCUT2D eigenvalue weighted by Crippen LogP contribution is -2.40. The molecule has 2 heterocycles. The summed E-state index contributed by atoms with van der Waals surface area (Å²) >= 11 is 0. The van der Waals surface area contributed by atoms with Gasteiger partial charge in [-0.1, -0.05) is 42.0 Å². The van der Waals surface area contributed by atoms with E-state index in [9.17, 15) is 30.2 Å². The van der Waals surface area contributed by atoms with Crippen LogP contribution in [-0.4, -0.2) is 62.8 Å². The Kier molecular flexibility index (Phi) is 8.61. The van der Waals surface area contributed by atoms with Crippen LogP contribution in [0.15, 0.2) is 71.0 Å². The van der Waals surface area contributed by atoms with Gasteiger partial charge in [-0.2, -0.15) is 5.10 Å². The zero-order valence-corrected chi connectivity index (χ0v) is 23.7. The molecule has 0 aliphatic carbocycles. The number of rotatable bonds is 9. The molecular weight excluding hydrogens is 578 g/mol. The Hall–Kier alpha value is -5.64. The van der Waals surface area contributed by atoms with Gasteiger partial charge in [-0.3, -0.25) is 29.9 Å². The third kappa shape index (κ3) is 6.54. The number of morpholine rings is 1. The quantitative estimate of drug-likeness (QED) is 0.142. The fourth-order valence-electron chi connectivity index (χ4n) is 4.72. The van der Waals surface area contributed by atoms with E-state index in [0.29, 0.717) is 23.8 Å². The summed E-state index contributed by atoms with van der Waals surface area (Å²) in [7, 11) is 0. The molecule has 44 heavy (non-hydrogen) atoms. The fourth-order valence-corrected chi connectivity index (χ4v) is 4.72. The summed E-state index contributed by atoms with van der Waals surface area (Å²) in [6, 6.07) is 15.6. The largest absolute Gasteiger partial charge is 0.569 e. The zero-order chi connectivity index (χ0) is 31.4. The molecule has 3 aromatic carbocycles. The Bertz CT molecular complexity index is 1650.